The van der Waals surface area contributed by atoms with Crippen LogP contribution in [0, 0.1) is 0 Å². The number of carbonyl (C=O) groups excluding carboxylic acids is 3. The number of hydrogen-bond acceptors (Lipinski definition) is 7. The lowest BCUT2D eigenvalue weighted by Crippen LogP contribution is -2.44. The Morgan fingerprint density at radius 1 is 0.933 bits per heavy atom. The van der Waals surface area contributed by atoms with Gasteiger partial charge in [0.2, 0.25) is 11.8 Å². The summed E-state index contributed by atoms with van der Waals surface area (Å²) in [5.74, 6) is -0.599. The van der Waals surface area contributed by atoms with Crippen molar-refractivity contribution in [2.24, 2.45) is 0 Å². The van der Waals surface area contributed by atoms with Crippen LogP contribution < -0.4 is 20.8 Å². The van der Waals surface area contributed by atoms with Gasteiger partial charge in [-0.15, -0.1) is 0 Å². The molecule has 3 amide bonds. The molecule has 0 radical (unpaired) electrons. The number of rotatable bonds is 11. The van der Waals surface area contributed by atoms with E-state index in [4.69, 9.17) is 9.05 Å². The predicted octanol–water partition coefficient (Wildman–Crippen LogP) is 5.88. The first kappa shape index (κ1) is 32.2. The molecule has 2 aliphatic heterocycles. The van der Waals surface area contributed by atoms with Crippen molar-refractivity contribution < 1.29 is 28.0 Å². The summed E-state index contributed by atoms with van der Waals surface area (Å²) in [6, 6.07) is 21.7. The van der Waals surface area contributed by atoms with Gasteiger partial charge < -0.3 is 29.5 Å². The van der Waals surface area contributed by atoms with Gasteiger partial charge in [-0.25, -0.2) is 0 Å². The molecule has 2 heterocycles. The summed E-state index contributed by atoms with van der Waals surface area (Å²) in [4.78, 5) is 42.3. The minimum absolute atomic E-state index is 0.0198. The van der Waals surface area contributed by atoms with Crippen LogP contribution in [-0.2, 0) is 28.0 Å². The van der Waals surface area contributed by atoms with E-state index in [0.717, 1.165) is 37.9 Å². The molecule has 3 aromatic rings. The van der Waals surface area contributed by atoms with Crippen LogP contribution >= 0.6 is 7.60 Å². The van der Waals surface area contributed by atoms with E-state index < -0.39 is 7.60 Å². The average Bonchev–Trinajstić information content (AvgIpc) is 3.38. The molecule has 5 rings (SSSR count). The molecule has 45 heavy (non-hydrogen) atoms. The number of amides is 3. The van der Waals surface area contributed by atoms with Crippen LogP contribution in [0.3, 0.4) is 0 Å². The van der Waals surface area contributed by atoms with Crippen LogP contribution in [-0.4, -0.2) is 55.5 Å². The Kier molecular flexibility index (Phi) is 10.2. The fourth-order valence-corrected chi connectivity index (χ4v) is 7.21. The Hall–Kier alpha value is -4.24. The van der Waals surface area contributed by atoms with Crippen molar-refractivity contribution in [1.82, 2.24) is 4.90 Å². The maximum atomic E-state index is 13.6. The number of carbonyl (C=O) groups is 3. The highest BCUT2D eigenvalue weighted by atomic mass is 31.2. The lowest BCUT2D eigenvalue weighted by molar-refractivity contribution is -0.132. The highest BCUT2D eigenvalue weighted by molar-refractivity contribution is 7.62. The van der Waals surface area contributed by atoms with Gasteiger partial charge in [0.05, 0.1) is 29.8 Å². The number of nitrogens with one attached hydrogen (secondary N) is 2. The summed E-state index contributed by atoms with van der Waals surface area (Å²) >= 11 is 0. The Balaban J connectivity index is 1.49. The maximum absolute atomic E-state index is 13.6. The Labute approximate surface area is 263 Å². The van der Waals surface area contributed by atoms with E-state index in [1.165, 1.54) is 11.8 Å². The number of fused-ring (bicyclic) bond motifs is 1. The number of piperidine rings is 1. The zero-order valence-electron chi connectivity index (χ0n) is 25.9. The molecule has 1 fully saturated rings. The summed E-state index contributed by atoms with van der Waals surface area (Å²) in [6.45, 7) is 6.78. The summed E-state index contributed by atoms with van der Waals surface area (Å²) in [7, 11) is -3.60. The van der Waals surface area contributed by atoms with Crippen molar-refractivity contribution >= 4 is 59.0 Å². The third kappa shape index (κ3) is 7.20. The molecule has 0 unspecified atom stereocenters. The molecule has 10 nitrogen and oxygen atoms in total. The number of anilines is 3. The second-order valence-corrected chi connectivity index (χ2v) is 12.9. The number of nitrogens with zero attached hydrogens (tertiary/aromatic N) is 2. The van der Waals surface area contributed by atoms with Gasteiger partial charge in [-0.1, -0.05) is 30.3 Å². The smallest absolute Gasteiger partial charge is 0.354 e. The van der Waals surface area contributed by atoms with E-state index in [0.29, 0.717) is 39.2 Å². The van der Waals surface area contributed by atoms with Crippen molar-refractivity contribution in [3.05, 3.63) is 83.9 Å². The first-order chi connectivity index (χ1) is 21.7. The topological polar surface area (TPSA) is 117 Å². The highest BCUT2D eigenvalue weighted by Gasteiger charge is 2.33. The standard InChI is InChI=1S/C34H39N4O6P/c1-4-43-45(42,44-5-2)28-18-19-30-29(22-28)32(34(41)36-30)33(25-12-8-6-9-13-25)35-26-14-16-27(17-15-26)38(24(3)39)23-31(40)37-20-10-7-11-21-37/h6,8-9,12-19,22,35H,4-5,7,10-11,20-21,23H2,1-3H3,(H,36,41). The minimum atomic E-state index is -3.60. The molecule has 0 atom stereocenters. The highest BCUT2D eigenvalue weighted by Crippen LogP contribution is 2.48. The molecule has 0 aromatic heterocycles. The molecule has 2 aliphatic rings. The molecular weight excluding hydrogens is 591 g/mol. The van der Waals surface area contributed by atoms with E-state index in [1.54, 1.807) is 44.2 Å². The van der Waals surface area contributed by atoms with Gasteiger partial charge in [0.25, 0.3) is 5.91 Å². The zero-order valence-corrected chi connectivity index (χ0v) is 26.8. The maximum Gasteiger partial charge on any atom is 0.361 e. The first-order valence-corrected chi connectivity index (χ1v) is 16.9. The molecular formula is C34H39N4O6P. The van der Waals surface area contributed by atoms with Gasteiger partial charge in [-0.2, -0.15) is 0 Å². The van der Waals surface area contributed by atoms with Crippen molar-refractivity contribution in [3.8, 4) is 0 Å². The normalized spacial score (nSPS) is 15.7. The molecule has 11 heteroatoms. The Morgan fingerprint density at radius 2 is 1.60 bits per heavy atom. The van der Waals surface area contributed by atoms with Gasteiger partial charge in [-0.3, -0.25) is 18.9 Å². The minimum Gasteiger partial charge on any atom is -0.354 e. The molecule has 0 aliphatic carbocycles. The third-order valence-corrected chi connectivity index (χ3v) is 9.91. The van der Waals surface area contributed by atoms with Crippen LogP contribution in [0.15, 0.2) is 72.8 Å². The van der Waals surface area contributed by atoms with Gasteiger partial charge in [0.1, 0.15) is 6.54 Å². The summed E-state index contributed by atoms with van der Waals surface area (Å²) < 4.78 is 24.7. The average molecular weight is 631 g/mol. The zero-order chi connectivity index (χ0) is 32.0. The van der Waals surface area contributed by atoms with E-state index in [1.807, 2.05) is 47.4 Å². The van der Waals surface area contributed by atoms with Gasteiger partial charge >= 0.3 is 7.60 Å². The van der Waals surface area contributed by atoms with Crippen molar-refractivity contribution in [3.63, 3.8) is 0 Å². The summed E-state index contributed by atoms with van der Waals surface area (Å²) in [6.07, 6.45) is 3.08. The van der Waals surface area contributed by atoms with E-state index in [9.17, 15) is 18.9 Å². The molecule has 0 spiro atoms. The van der Waals surface area contributed by atoms with Gasteiger partial charge in [0, 0.05) is 42.6 Å². The van der Waals surface area contributed by atoms with Crippen LogP contribution in [0.2, 0.25) is 0 Å². The van der Waals surface area contributed by atoms with Crippen LogP contribution in [0.1, 0.15) is 51.2 Å². The van der Waals surface area contributed by atoms with Crippen molar-refractivity contribution in [1.29, 1.82) is 0 Å². The molecule has 1 saturated heterocycles. The van der Waals surface area contributed by atoms with Crippen LogP contribution in [0.5, 0.6) is 0 Å². The van der Waals surface area contributed by atoms with E-state index in [-0.39, 0.29) is 37.5 Å². The summed E-state index contributed by atoms with van der Waals surface area (Å²) in [5.41, 5.74) is 4.10. The molecule has 236 valence electrons. The monoisotopic (exact) mass is 630 g/mol. The Morgan fingerprint density at radius 3 is 2.22 bits per heavy atom. The van der Waals surface area contributed by atoms with Crippen LogP contribution in [0.4, 0.5) is 17.1 Å². The SMILES string of the molecule is CCOP(=O)(OCC)c1ccc2c(c1)C(=C(Nc1ccc(N(CC(=O)N3CCCCC3)C(C)=O)cc1)c1ccccc1)C(=O)N2. The van der Waals surface area contributed by atoms with Crippen molar-refractivity contribution in [2.75, 3.05) is 48.4 Å². The quantitative estimate of drug-likeness (QED) is 0.201. The molecule has 0 bridgehead atoms. The fraction of sp³-hybridized carbons (Fsp3) is 0.324. The molecule has 0 saturated carbocycles. The van der Waals surface area contributed by atoms with Gasteiger partial charge in [-0.05, 0) is 81.1 Å². The first-order valence-electron chi connectivity index (χ1n) is 15.3. The second kappa shape index (κ2) is 14.2. The third-order valence-electron chi connectivity index (χ3n) is 7.81. The van der Waals surface area contributed by atoms with E-state index in [2.05, 4.69) is 10.6 Å². The number of likely N-dealkylation sites (tertiary alicyclic amines) is 1. The lowest BCUT2D eigenvalue weighted by Gasteiger charge is -2.29. The Bertz CT molecular complexity index is 1620. The number of benzene rings is 3. The van der Waals surface area contributed by atoms with Gasteiger partial charge in [0.15, 0.2) is 0 Å². The largest absolute Gasteiger partial charge is 0.361 e. The number of hydrogen-bond donors (Lipinski definition) is 2. The molecule has 2 N–H and O–H groups in total. The van der Waals surface area contributed by atoms with Crippen molar-refractivity contribution in [2.45, 2.75) is 40.0 Å². The molecule has 3 aromatic carbocycles. The second-order valence-electron chi connectivity index (χ2n) is 10.9. The van der Waals surface area contributed by atoms with E-state index >= 15 is 0 Å². The van der Waals surface area contributed by atoms with Crippen LogP contribution in [0.25, 0.3) is 11.3 Å². The lowest BCUT2D eigenvalue weighted by atomic mass is 10.00. The predicted molar refractivity (Wildman–Crippen MR) is 177 cm³/mol. The fourth-order valence-electron chi connectivity index (χ4n) is 5.62. The summed E-state index contributed by atoms with van der Waals surface area (Å²) in [5, 5.41) is 6.69.